The molecule has 10 heteroatoms. The fourth-order valence-corrected chi connectivity index (χ4v) is 8.18. The van der Waals surface area contributed by atoms with Crippen LogP contribution >= 0.6 is 11.3 Å². The Bertz CT molecular complexity index is 1260. The number of anilines is 1. The fraction of sp³-hybridized carbons (Fsp3) is 0.600. The zero-order chi connectivity index (χ0) is 29.6. The van der Waals surface area contributed by atoms with Crippen LogP contribution in [0.4, 0.5) is 5.00 Å². The second-order valence-corrected chi connectivity index (χ2v) is 14.3. The monoisotopic (exact) mass is 590 g/mol. The molecule has 0 aliphatic carbocycles. The van der Waals surface area contributed by atoms with Crippen LogP contribution in [0.2, 0.25) is 0 Å². The zero-order valence-electron chi connectivity index (χ0n) is 25.1. The summed E-state index contributed by atoms with van der Waals surface area (Å²) in [4.78, 5) is 32.4. The minimum Gasteiger partial charge on any atom is -0.339 e. The van der Waals surface area contributed by atoms with E-state index in [2.05, 4.69) is 17.1 Å². The Balaban J connectivity index is 1.89. The summed E-state index contributed by atoms with van der Waals surface area (Å²) in [6, 6.07) is 6.10. The highest BCUT2D eigenvalue weighted by atomic mass is 32.2. The lowest BCUT2D eigenvalue weighted by Crippen LogP contribution is -2.37. The van der Waals surface area contributed by atoms with E-state index in [1.807, 2.05) is 41.5 Å². The number of thiophene rings is 1. The van der Waals surface area contributed by atoms with Gasteiger partial charge in [-0.2, -0.15) is 4.31 Å². The molecule has 40 heavy (non-hydrogen) atoms. The average molecular weight is 591 g/mol. The Hall–Kier alpha value is -2.27. The number of hydrogen-bond acceptors (Lipinski definition) is 6. The molecule has 3 rings (SSSR count). The van der Waals surface area contributed by atoms with Crippen LogP contribution in [0.15, 0.2) is 29.2 Å². The maximum absolute atomic E-state index is 13.6. The van der Waals surface area contributed by atoms with Crippen LogP contribution < -0.4 is 5.32 Å². The molecule has 2 heterocycles. The highest BCUT2D eigenvalue weighted by Gasteiger charge is 2.31. The van der Waals surface area contributed by atoms with Crippen molar-refractivity contribution >= 4 is 38.2 Å². The number of carbonyl (C=O) groups excluding carboxylic acids is 2. The third-order valence-electron chi connectivity index (χ3n) is 7.06. The lowest BCUT2D eigenvalue weighted by molar-refractivity contribution is 0.0772. The van der Waals surface area contributed by atoms with Gasteiger partial charge in [0.2, 0.25) is 10.0 Å². The van der Waals surface area contributed by atoms with Crippen LogP contribution in [0, 0.1) is 11.8 Å². The van der Waals surface area contributed by atoms with Crippen molar-refractivity contribution in [2.75, 3.05) is 44.6 Å². The second-order valence-electron chi connectivity index (χ2n) is 11.3. The normalized spacial score (nSPS) is 14.2. The molecular formula is C30H46N4O4S2. The first-order valence-corrected chi connectivity index (χ1v) is 16.8. The van der Waals surface area contributed by atoms with Gasteiger partial charge >= 0.3 is 0 Å². The van der Waals surface area contributed by atoms with Crippen molar-refractivity contribution in [3.8, 4) is 0 Å². The molecular weight excluding hydrogens is 544 g/mol. The SMILES string of the molecule is CCCN1CCc2c(sc(NC(=O)c3ccc(S(=O)(=O)N(CC(C)C)CC(C)C)cc3)c2C(=O)N(CC)CC)C1. The lowest BCUT2D eigenvalue weighted by atomic mass is 10.0. The molecule has 222 valence electrons. The number of nitrogens with zero attached hydrogens (tertiary/aromatic N) is 3. The summed E-state index contributed by atoms with van der Waals surface area (Å²) < 4.78 is 28.3. The van der Waals surface area contributed by atoms with Crippen LogP contribution in [-0.2, 0) is 23.0 Å². The number of sulfonamides is 1. The maximum atomic E-state index is 13.6. The van der Waals surface area contributed by atoms with Crippen molar-refractivity contribution in [1.82, 2.24) is 14.1 Å². The number of nitrogens with one attached hydrogen (secondary N) is 1. The molecule has 0 saturated heterocycles. The van der Waals surface area contributed by atoms with Gasteiger partial charge in [-0.3, -0.25) is 14.5 Å². The van der Waals surface area contributed by atoms with Gasteiger partial charge in [0.15, 0.2) is 0 Å². The number of fused-ring (bicyclic) bond motifs is 1. The molecule has 0 bridgehead atoms. The average Bonchev–Trinajstić information content (AvgIpc) is 3.25. The van der Waals surface area contributed by atoms with E-state index in [0.717, 1.165) is 42.9 Å². The van der Waals surface area contributed by atoms with E-state index in [1.54, 1.807) is 17.0 Å². The Morgan fingerprint density at radius 2 is 1.60 bits per heavy atom. The van der Waals surface area contributed by atoms with Gasteiger partial charge in [0, 0.05) is 49.7 Å². The lowest BCUT2D eigenvalue weighted by Gasteiger charge is -2.27. The minimum absolute atomic E-state index is 0.0569. The van der Waals surface area contributed by atoms with E-state index < -0.39 is 10.0 Å². The summed E-state index contributed by atoms with van der Waals surface area (Å²) in [5, 5.41) is 3.57. The minimum atomic E-state index is -3.69. The van der Waals surface area contributed by atoms with E-state index in [0.29, 0.717) is 42.3 Å². The Morgan fingerprint density at radius 3 is 2.12 bits per heavy atom. The van der Waals surface area contributed by atoms with Crippen molar-refractivity contribution in [1.29, 1.82) is 0 Å². The van der Waals surface area contributed by atoms with E-state index in [-0.39, 0.29) is 28.5 Å². The number of hydrogen-bond donors (Lipinski definition) is 1. The topological polar surface area (TPSA) is 90.0 Å². The van der Waals surface area contributed by atoms with Crippen molar-refractivity contribution in [3.63, 3.8) is 0 Å². The summed E-state index contributed by atoms with van der Waals surface area (Å²) in [5.41, 5.74) is 1.99. The van der Waals surface area contributed by atoms with Gasteiger partial charge in [-0.1, -0.05) is 34.6 Å². The van der Waals surface area contributed by atoms with Gasteiger partial charge in [0.1, 0.15) is 5.00 Å². The van der Waals surface area contributed by atoms with Crippen molar-refractivity contribution in [2.45, 2.75) is 72.7 Å². The Labute approximate surface area is 244 Å². The molecule has 1 aliphatic rings. The highest BCUT2D eigenvalue weighted by Crippen LogP contribution is 2.38. The first-order valence-electron chi connectivity index (χ1n) is 14.5. The Kier molecular flexibility index (Phi) is 11.3. The van der Waals surface area contributed by atoms with Crippen LogP contribution in [0.25, 0.3) is 0 Å². The summed E-state index contributed by atoms with van der Waals surface area (Å²) >= 11 is 1.48. The van der Waals surface area contributed by atoms with Crippen LogP contribution in [-0.4, -0.2) is 73.6 Å². The number of rotatable bonds is 13. The maximum Gasteiger partial charge on any atom is 0.257 e. The molecule has 2 aromatic rings. The molecule has 8 nitrogen and oxygen atoms in total. The highest BCUT2D eigenvalue weighted by molar-refractivity contribution is 7.89. The van der Waals surface area contributed by atoms with Crippen molar-refractivity contribution in [3.05, 3.63) is 45.8 Å². The van der Waals surface area contributed by atoms with Crippen LogP contribution in [0.3, 0.4) is 0 Å². The standard InChI is InChI=1S/C30H46N4O4S2/c1-8-16-32-17-15-25-26(20-32)39-29(27(25)30(36)33(9-2)10-3)31-28(35)23-11-13-24(14-12-23)40(37,38)34(18-21(4)5)19-22(6)7/h11-14,21-22H,8-10,15-20H2,1-7H3,(H,31,35). The van der Waals surface area contributed by atoms with Crippen molar-refractivity contribution < 1.29 is 18.0 Å². The van der Waals surface area contributed by atoms with E-state index >= 15 is 0 Å². The molecule has 0 spiro atoms. The van der Waals surface area contributed by atoms with Crippen molar-refractivity contribution in [2.24, 2.45) is 11.8 Å². The molecule has 1 aliphatic heterocycles. The largest absolute Gasteiger partial charge is 0.339 e. The molecule has 1 N–H and O–H groups in total. The number of amides is 2. The first kappa shape index (κ1) is 32.2. The number of carbonyl (C=O) groups is 2. The van der Waals surface area contributed by atoms with Gasteiger partial charge < -0.3 is 10.2 Å². The predicted molar refractivity (Wildman–Crippen MR) is 164 cm³/mol. The molecule has 0 fully saturated rings. The van der Waals surface area contributed by atoms with Gasteiger partial charge in [-0.15, -0.1) is 11.3 Å². The quantitative estimate of drug-likeness (QED) is 0.330. The van der Waals surface area contributed by atoms with Gasteiger partial charge in [-0.05, 0) is 74.9 Å². The summed E-state index contributed by atoms with van der Waals surface area (Å²) in [6.45, 7) is 18.8. The molecule has 0 radical (unpaired) electrons. The van der Waals surface area contributed by atoms with Crippen LogP contribution in [0.1, 0.15) is 86.0 Å². The summed E-state index contributed by atoms with van der Waals surface area (Å²) in [7, 11) is -3.69. The van der Waals surface area contributed by atoms with E-state index in [9.17, 15) is 18.0 Å². The smallest absolute Gasteiger partial charge is 0.257 e. The third-order valence-corrected chi connectivity index (χ3v) is 10.0. The predicted octanol–water partition coefficient (Wildman–Crippen LogP) is 5.55. The summed E-state index contributed by atoms with van der Waals surface area (Å²) in [6.07, 6.45) is 1.84. The molecule has 1 aromatic carbocycles. The molecule has 0 unspecified atom stereocenters. The number of benzene rings is 1. The van der Waals surface area contributed by atoms with Crippen LogP contribution in [0.5, 0.6) is 0 Å². The van der Waals surface area contributed by atoms with Gasteiger partial charge in [0.25, 0.3) is 11.8 Å². The molecule has 0 saturated carbocycles. The fourth-order valence-electron chi connectivity index (χ4n) is 5.13. The zero-order valence-corrected chi connectivity index (χ0v) is 26.8. The third kappa shape index (κ3) is 7.51. The van der Waals surface area contributed by atoms with Gasteiger partial charge in [-0.25, -0.2) is 8.42 Å². The second kappa shape index (κ2) is 14.1. The molecule has 1 aromatic heterocycles. The van der Waals surface area contributed by atoms with E-state index in [1.165, 1.54) is 27.8 Å². The Morgan fingerprint density at radius 1 is 1.00 bits per heavy atom. The summed E-state index contributed by atoms with van der Waals surface area (Å²) in [5.74, 6) is -0.0312. The first-order chi connectivity index (χ1) is 18.9. The molecule has 0 atom stereocenters. The van der Waals surface area contributed by atoms with E-state index in [4.69, 9.17) is 0 Å². The van der Waals surface area contributed by atoms with Gasteiger partial charge in [0.05, 0.1) is 10.5 Å². The molecule has 2 amide bonds.